The number of carbonyl (C=O) groups excluding carboxylic acids is 1. The number of hydrogen-bond donors (Lipinski definition) is 2. The van der Waals surface area contributed by atoms with Gasteiger partial charge in [-0.3, -0.25) is 0 Å². The molecule has 0 spiro atoms. The standard InChI is InChI=1S/C28H30N4O3/c1-32-17-16-29-27(32)26(24-14-8-9-15-25(24)34-2)31-28(33)30-18-22-12-6-7-13-23(22)20-35-19-21-10-4-3-5-11-21/h3-17,26H,18-20H2,1-2H3,(H2,30,31,33). The molecule has 0 saturated heterocycles. The van der Waals surface area contributed by atoms with Crippen molar-refractivity contribution in [2.45, 2.75) is 25.8 Å². The van der Waals surface area contributed by atoms with Gasteiger partial charge >= 0.3 is 6.03 Å². The fourth-order valence-electron chi connectivity index (χ4n) is 3.92. The third-order valence-corrected chi connectivity index (χ3v) is 5.77. The van der Waals surface area contributed by atoms with Crippen LogP contribution in [0.3, 0.4) is 0 Å². The van der Waals surface area contributed by atoms with Crippen LogP contribution in [0.2, 0.25) is 0 Å². The van der Waals surface area contributed by atoms with E-state index in [0.29, 0.717) is 31.3 Å². The normalized spacial score (nSPS) is 11.6. The molecular weight excluding hydrogens is 440 g/mol. The third-order valence-electron chi connectivity index (χ3n) is 5.77. The summed E-state index contributed by atoms with van der Waals surface area (Å²) in [5.74, 6) is 1.39. The van der Waals surface area contributed by atoms with Gasteiger partial charge in [-0.05, 0) is 22.8 Å². The molecule has 1 atom stereocenters. The molecule has 7 heteroatoms. The van der Waals surface area contributed by atoms with Crippen molar-refractivity contribution in [3.8, 4) is 5.75 Å². The summed E-state index contributed by atoms with van der Waals surface area (Å²) in [6.07, 6.45) is 3.56. The molecule has 1 aromatic heterocycles. The number of nitrogens with one attached hydrogen (secondary N) is 2. The Bertz CT molecular complexity index is 1240. The summed E-state index contributed by atoms with van der Waals surface area (Å²) in [4.78, 5) is 17.4. The average Bonchev–Trinajstić information content (AvgIpc) is 3.32. The van der Waals surface area contributed by atoms with Gasteiger partial charge in [0, 0.05) is 31.5 Å². The van der Waals surface area contributed by atoms with Crippen LogP contribution in [-0.4, -0.2) is 22.7 Å². The smallest absolute Gasteiger partial charge is 0.315 e. The summed E-state index contributed by atoms with van der Waals surface area (Å²) in [7, 11) is 3.52. The van der Waals surface area contributed by atoms with Crippen molar-refractivity contribution in [1.29, 1.82) is 0 Å². The van der Waals surface area contributed by atoms with Crippen LogP contribution in [0.15, 0.2) is 91.3 Å². The number of amides is 2. The number of aromatic nitrogens is 2. The van der Waals surface area contributed by atoms with Gasteiger partial charge in [0.05, 0.1) is 20.3 Å². The van der Waals surface area contributed by atoms with Gasteiger partial charge in [-0.15, -0.1) is 0 Å². The van der Waals surface area contributed by atoms with E-state index in [1.165, 1.54) is 0 Å². The van der Waals surface area contributed by atoms with Gasteiger partial charge in [0.25, 0.3) is 0 Å². The number of nitrogens with zero attached hydrogens (tertiary/aromatic N) is 2. The zero-order chi connectivity index (χ0) is 24.5. The van der Waals surface area contributed by atoms with Crippen molar-refractivity contribution in [1.82, 2.24) is 20.2 Å². The van der Waals surface area contributed by atoms with Crippen LogP contribution in [0.4, 0.5) is 4.79 Å². The number of carbonyl (C=O) groups is 1. The number of methoxy groups -OCH3 is 1. The van der Waals surface area contributed by atoms with Crippen LogP contribution in [0.5, 0.6) is 5.75 Å². The van der Waals surface area contributed by atoms with E-state index in [0.717, 1.165) is 22.3 Å². The monoisotopic (exact) mass is 470 g/mol. The molecule has 180 valence electrons. The maximum Gasteiger partial charge on any atom is 0.315 e. The molecule has 0 saturated carbocycles. The number of ether oxygens (including phenoxy) is 2. The van der Waals surface area contributed by atoms with E-state index in [4.69, 9.17) is 9.47 Å². The molecule has 35 heavy (non-hydrogen) atoms. The molecule has 2 amide bonds. The second-order valence-electron chi connectivity index (χ2n) is 8.15. The highest BCUT2D eigenvalue weighted by atomic mass is 16.5. The summed E-state index contributed by atoms with van der Waals surface area (Å²) >= 11 is 0. The molecule has 0 aliphatic heterocycles. The molecule has 1 heterocycles. The van der Waals surface area contributed by atoms with E-state index in [2.05, 4.69) is 15.6 Å². The zero-order valence-electron chi connectivity index (χ0n) is 20.0. The number of benzene rings is 3. The fourth-order valence-corrected chi connectivity index (χ4v) is 3.92. The van der Waals surface area contributed by atoms with Crippen molar-refractivity contribution in [2.75, 3.05) is 7.11 Å². The van der Waals surface area contributed by atoms with E-state index >= 15 is 0 Å². The van der Waals surface area contributed by atoms with Gasteiger partial charge in [0.1, 0.15) is 17.6 Å². The summed E-state index contributed by atoms with van der Waals surface area (Å²) in [6.45, 7) is 1.37. The van der Waals surface area contributed by atoms with Gasteiger partial charge in [-0.25, -0.2) is 9.78 Å². The maximum atomic E-state index is 13.0. The lowest BCUT2D eigenvalue weighted by Crippen LogP contribution is -2.39. The molecule has 0 aliphatic rings. The number of aryl methyl sites for hydroxylation is 1. The predicted octanol–water partition coefficient (Wildman–Crippen LogP) is 4.73. The lowest BCUT2D eigenvalue weighted by Gasteiger charge is -2.21. The highest BCUT2D eigenvalue weighted by Gasteiger charge is 2.23. The van der Waals surface area contributed by atoms with Crippen LogP contribution in [-0.2, 0) is 31.5 Å². The van der Waals surface area contributed by atoms with Crippen molar-refractivity contribution >= 4 is 6.03 Å². The fraction of sp³-hybridized carbons (Fsp3) is 0.214. The Morgan fingerprint density at radius 3 is 2.40 bits per heavy atom. The van der Waals surface area contributed by atoms with Crippen LogP contribution < -0.4 is 15.4 Å². The number of urea groups is 1. The quantitative estimate of drug-likeness (QED) is 0.351. The lowest BCUT2D eigenvalue weighted by molar-refractivity contribution is 0.106. The van der Waals surface area contributed by atoms with Crippen LogP contribution in [0.1, 0.15) is 34.1 Å². The Morgan fingerprint density at radius 2 is 1.66 bits per heavy atom. The molecule has 2 N–H and O–H groups in total. The highest BCUT2D eigenvalue weighted by Crippen LogP contribution is 2.29. The Balaban J connectivity index is 1.41. The summed E-state index contributed by atoms with van der Waals surface area (Å²) in [6, 6.07) is 24.9. The average molecular weight is 471 g/mol. The molecule has 0 radical (unpaired) electrons. The second-order valence-corrected chi connectivity index (χ2v) is 8.15. The first kappa shape index (κ1) is 24.0. The van der Waals surface area contributed by atoms with Gasteiger partial charge < -0.3 is 24.7 Å². The SMILES string of the molecule is COc1ccccc1C(NC(=O)NCc1ccccc1COCc1ccccc1)c1nccn1C. The van der Waals surface area contributed by atoms with Gasteiger partial charge in [-0.2, -0.15) is 0 Å². The molecule has 7 nitrogen and oxygen atoms in total. The first-order valence-electron chi connectivity index (χ1n) is 11.5. The largest absolute Gasteiger partial charge is 0.496 e. The second kappa shape index (κ2) is 11.9. The Labute approximate surface area is 205 Å². The van der Waals surface area contributed by atoms with Crippen LogP contribution in [0.25, 0.3) is 0 Å². The molecule has 0 aliphatic carbocycles. The van der Waals surface area contributed by atoms with E-state index in [1.54, 1.807) is 13.3 Å². The van der Waals surface area contributed by atoms with E-state index in [9.17, 15) is 4.79 Å². The zero-order valence-corrected chi connectivity index (χ0v) is 20.0. The third kappa shape index (κ3) is 6.28. The number of para-hydroxylation sites is 1. The molecule has 1 unspecified atom stereocenters. The minimum atomic E-state index is -0.476. The van der Waals surface area contributed by atoms with Crippen molar-refractivity contribution in [3.63, 3.8) is 0 Å². The highest BCUT2D eigenvalue weighted by molar-refractivity contribution is 5.75. The minimum Gasteiger partial charge on any atom is -0.496 e. The summed E-state index contributed by atoms with van der Waals surface area (Å²) < 4.78 is 13.3. The lowest BCUT2D eigenvalue weighted by atomic mass is 10.0. The topological polar surface area (TPSA) is 77.4 Å². The molecule has 4 rings (SSSR count). The van der Waals surface area contributed by atoms with Crippen molar-refractivity contribution < 1.29 is 14.3 Å². The van der Waals surface area contributed by atoms with E-state index in [1.807, 2.05) is 96.7 Å². The molecule has 0 bridgehead atoms. The number of hydrogen-bond acceptors (Lipinski definition) is 4. The predicted molar refractivity (Wildman–Crippen MR) is 135 cm³/mol. The van der Waals surface area contributed by atoms with Gasteiger partial charge in [0.15, 0.2) is 0 Å². The molecular formula is C28H30N4O3. The number of imidazole rings is 1. The van der Waals surface area contributed by atoms with E-state index < -0.39 is 6.04 Å². The van der Waals surface area contributed by atoms with Gasteiger partial charge in [0.2, 0.25) is 0 Å². The Morgan fingerprint density at radius 1 is 0.943 bits per heavy atom. The minimum absolute atomic E-state index is 0.302. The maximum absolute atomic E-state index is 13.0. The van der Waals surface area contributed by atoms with Crippen molar-refractivity contribution in [2.24, 2.45) is 7.05 Å². The molecule has 3 aromatic carbocycles. The Hall–Kier alpha value is -4.10. The van der Waals surface area contributed by atoms with Crippen molar-refractivity contribution in [3.05, 3.63) is 119 Å². The summed E-state index contributed by atoms with van der Waals surface area (Å²) in [5, 5.41) is 6.04. The Kier molecular flexibility index (Phi) is 8.14. The van der Waals surface area contributed by atoms with Crippen LogP contribution in [0, 0.1) is 0 Å². The van der Waals surface area contributed by atoms with E-state index in [-0.39, 0.29) is 6.03 Å². The first-order valence-corrected chi connectivity index (χ1v) is 11.5. The molecule has 0 fully saturated rings. The number of rotatable bonds is 10. The first-order chi connectivity index (χ1) is 17.2. The van der Waals surface area contributed by atoms with Gasteiger partial charge in [-0.1, -0.05) is 72.8 Å². The molecule has 4 aromatic rings. The van der Waals surface area contributed by atoms with Crippen LogP contribution >= 0.6 is 0 Å². The summed E-state index contributed by atoms with van der Waals surface area (Å²) in [5.41, 5.74) is 3.99.